The summed E-state index contributed by atoms with van der Waals surface area (Å²) in [5, 5.41) is 12.4. The molecule has 0 saturated carbocycles. The van der Waals surface area contributed by atoms with Crippen LogP contribution in [0.25, 0.3) is 0 Å². The molecule has 110 valence electrons. The first-order valence-electron chi connectivity index (χ1n) is 5.53. The molecule has 0 aromatic rings. The molecule has 19 heavy (non-hydrogen) atoms. The fourth-order valence-corrected chi connectivity index (χ4v) is 2.00. The van der Waals surface area contributed by atoms with Crippen molar-refractivity contribution < 1.29 is 27.9 Å². The van der Waals surface area contributed by atoms with Gasteiger partial charge in [0, 0.05) is 19.5 Å². The average Bonchev–Trinajstić information content (AvgIpc) is 2.25. The van der Waals surface area contributed by atoms with Crippen molar-refractivity contribution in [3.63, 3.8) is 0 Å². The number of nitrogens with one attached hydrogen (secondary N) is 3. The van der Waals surface area contributed by atoms with Crippen LogP contribution in [0.15, 0.2) is 0 Å². The van der Waals surface area contributed by atoms with Crippen molar-refractivity contribution in [3.05, 3.63) is 0 Å². The molecule has 0 saturated heterocycles. The second kappa shape index (κ2) is 8.43. The Morgan fingerprint density at radius 2 is 1.79 bits per heavy atom. The molecule has 0 aromatic heterocycles. The fraction of sp³-hybridized carbons (Fsp3) is 0.667. The number of carbonyl (C=O) groups excluding carboxylic acids is 2. The normalized spacial score (nSPS) is 10.8. The van der Waals surface area contributed by atoms with E-state index < -0.39 is 27.9 Å². The summed E-state index contributed by atoms with van der Waals surface area (Å²) in [6.45, 7) is 1.72. The third kappa shape index (κ3) is 9.97. The first-order chi connectivity index (χ1) is 8.76. The topological polar surface area (TPSA) is 142 Å². The molecule has 0 aliphatic rings. The summed E-state index contributed by atoms with van der Waals surface area (Å²) in [5.74, 6) is -2.20. The molecular formula is C9H17N3O6S. The number of urea groups is 1. The van der Waals surface area contributed by atoms with E-state index in [0.29, 0.717) is 0 Å². The first-order valence-corrected chi connectivity index (χ1v) is 7.19. The minimum atomic E-state index is -3.43. The van der Waals surface area contributed by atoms with E-state index in [4.69, 9.17) is 5.11 Å². The quantitative estimate of drug-likeness (QED) is 0.434. The smallest absolute Gasteiger partial charge is 0.321 e. The standard InChI is InChI=1S/C9H17N3O6S/c1-2-11-19(17,18)6-5-10-9(16)12-7(13)3-4-8(14)15/h11H,2-6H2,1H3,(H,14,15)(H2,10,12,13,16). The lowest BCUT2D eigenvalue weighted by atomic mass is 10.3. The molecule has 0 aliphatic heterocycles. The van der Waals surface area contributed by atoms with Gasteiger partial charge in [-0.15, -0.1) is 0 Å². The lowest BCUT2D eigenvalue weighted by Gasteiger charge is -2.07. The zero-order valence-corrected chi connectivity index (χ0v) is 11.2. The van der Waals surface area contributed by atoms with Crippen molar-refractivity contribution in [1.29, 1.82) is 0 Å². The molecule has 0 rings (SSSR count). The largest absolute Gasteiger partial charge is 0.481 e. The van der Waals surface area contributed by atoms with Gasteiger partial charge in [-0.3, -0.25) is 14.9 Å². The molecule has 0 atom stereocenters. The second-order valence-corrected chi connectivity index (χ2v) is 5.44. The Labute approximate surface area is 110 Å². The Morgan fingerprint density at radius 1 is 1.16 bits per heavy atom. The van der Waals surface area contributed by atoms with E-state index >= 15 is 0 Å². The Morgan fingerprint density at radius 3 is 2.32 bits per heavy atom. The van der Waals surface area contributed by atoms with Crippen molar-refractivity contribution in [1.82, 2.24) is 15.4 Å². The highest BCUT2D eigenvalue weighted by Gasteiger charge is 2.11. The molecule has 0 heterocycles. The zero-order chi connectivity index (χ0) is 14.9. The average molecular weight is 295 g/mol. The van der Waals surface area contributed by atoms with E-state index in [0.717, 1.165) is 0 Å². The SMILES string of the molecule is CCNS(=O)(=O)CCNC(=O)NC(=O)CCC(=O)O. The van der Waals surface area contributed by atoms with Crippen LogP contribution in [0, 0.1) is 0 Å². The predicted molar refractivity (Wildman–Crippen MR) is 65.9 cm³/mol. The molecule has 4 N–H and O–H groups in total. The van der Waals surface area contributed by atoms with Crippen molar-refractivity contribution in [2.24, 2.45) is 0 Å². The van der Waals surface area contributed by atoms with E-state index in [1.165, 1.54) is 0 Å². The highest BCUT2D eigenvalue weighted by molar-refractivity contribution is 7.89. The van der Waals surface area contributed by atoms with E-state index in [2.05, 4.69) is 10.0 Å². The van der Waals surface area contributed by atoms with Gasteiger partial charge in [-0.2, -0.15) is 0 Å². The lowest BCUT2D eigenvalue weighted by molar-refractivity contribution is -0.138. The van der Waals surface area contributed by atoms with E-state index in [-0.39, 0.29) is 31.7 Å². The lowest BCUT2D eigenvalue weighted by Crippen LogP contribution is -2.42. The second-order valence-electron chi connectivity index (χ2n) is 3.51. The summed E-state index contributed by atoms with van der Waals surface area (Å²) in [6, 6.07) is -0.859. The summed E-state index contributed by atoms with van der Waals surface area (Å²) >= 11 is 0. The van der Waals surface area contributed by atoms with Gasteiger partial charge >= 0.3 is 12.0 Å². The number of amides is 3. The van der Waals surface area contributed by atoms with Crippen LogP contribution in [0.2, 0.25) is 0 Å². The summed E-state index contributed by atoms with van der Waals surface area (Å²) in [6.07, 6.45) is -0.702. The van der Waals surface area contributed by atoms with Gasteiger partial charge in [0.2, 0.25) is 15.9 Å². The summed E-state index contributed by atoms with van der Waals surface area (Å²) in [7, 11) is -3.43. The number of hydrogen-bond acceptors (Lipinski definition) is 5. The van der Waals surface area contributed by atoms with E-state index in [1.54, 1.807) is 6.92 Å². The maximum absolute atomic E-state index is 11.2. The maximum Gasteiger partial charge on any atom is 0.321 e. The van der Waals surface area contributed by atoms with Crippen LogP contribution in [0.1, 0.15) is 19.8 Å². The van der Waals surface area contributed by atoms with Gasteiger partial charge in [0.05, 0.1) is 12.2 Å². The molecule has 10 heteroatoms. The van der Waals surface area contributed by atoms with Crippen LogP contribution in [0.5, 0.6) is 0 Å². The van der Waals surface area contributed by atoms with Crippen molar-refractivity contribution in [3.8, 4) is 0 Å². The van der Waals surface area contributed by atoms with Crippen molar-refractivity contribution >= 4 is 27.9 Å². The molecule has 3 amide bonds. The van der Waals surface area contributed by atoms with Crippen LogP contribution < -0.4 is 15.4 Å². The number of carboxylic acids is 1. The number of hydrogen-bond donors (Lipinski definition) is 4. The Kier molecular flexibility index (Phi) is 7.68. The van der Waals surface area contributed by atoms with Gasteiger partial charge < -0.3 is 10.4 Å². The van der Waals surface area contributed by atoms with E-state index in [1.807, 2.05) is 5.32 Å². The predicted octanol–water partition coefficient (Wildman–Crippen LogP) is -1.38. The third-order valence-corrected chi connectivity index (χ3v) is 3.31. The molecule has 0 radical (unpaired) electrons. The number of imide groups is 1. The monoisotopic (exact) mass is 295 g/mol. The van der Waals surface area contributed by atoms with Gasteiger partial charge in [0.25, 0.3) is 0 Å². The van der Waals surface area contributed by atoms with Crippen LogP contribution in [-0.4, -0.2) is 50.3 Å². The molecule has 9 nitrogen and oxygen atoms in total. The first kappa shape index (κ1) is 17.3. The highest BCUT2D eigenvalue weighted by atomic mass is 32.2. The summed E-state index contributed by atoms with van der Waals surface area (Å²) < 4.78 is 24.6. The van der Waals surface area contributed by atoms with Gasteiger partial charge in [-0.1, -0.05) is 6.92 Å². The minimum absolute atomic E-state index is 0.159. The van der Waals surface area contributed by atoms with Gasteiger partial charge in [0.15, 0.2) is 0 Å². The van der Waals surface area contributed by atoms with Gasteiger partial charge in [-0.05, 0) is 0 Å². The molecule has 0 fully saturated rings. The summed E-state index contributed by atoms with van der Waals surface area (Å²) in [4.78, 5) is 32.4. The van der Waals surface area contributed by atoms with Crippen LogP contribution >= 0.6 is 0 Å². The number of rotatable bonds is 8. The molecular weight excluding hydrogens is 278 g/mol. The molecule has 0 bridgehead atoms. The zero-order valence-electron chi connectivity index (χ0n) is 10.4. The number of sulfonamides is 1. The fourth-order valence-electron chi connectivity index (χ4n) is 1.04. The molecule has 0 spiro atoms. The highest BCUT2D eigenvalue weighted by Crippen LogP contribution is 1.88. The third-order valence-electron chi connectivity index (χ3n) is 1.84. The minimum Gasteiger partial charge on any atom is -0.481 e. The van der Waals surface area contributed by atoms with Crippen LogP contribution in [0.4, 0.5) is 4.79 Å². The van der Waals surface area contributed by atoms with Gasteiger partial charge in [-0.25, -0.2) is 17.9 Å². The Hall–Kier alpha value is -1.68. The Bertz CT molecular complexity index is 433. The maximum atomic E-state index is 11.2. The van der Waals surface area contributed by atoms with E-state index in [9.17, 15) is 22.8 Å². The van der Waals surface area contributed by atoms with Crippen molar-refractivity contribution in [2.45, 2.75) is 19.8 Å². The van der Waals surface area contributed by atoms with Gasteiger partial charge in [0.1, 0.15) is 0 Å². The number of aliphatic carboxylic acids is 1. The molecule has 0 aromatic carbocycles. The molecule has 0 aliphatic carbocycles. The number of carbonyl (C=O) groups is 3. The summed E-state index contributed by atoms with van der Waals surface area (Å²) in [5.41, 5.74) is 0. The molecule has 0 unspecified atom stereocenters. The number of carboxylic acid groups (broad SMARTS) is 1. The van der Waals surface area contributed by atoms with Crippen molar-refractivity contribution in [2.75, 3.05) is 18.8 Å². The van der Waals surface area contributed by atoms with Crippen LogP contribution in [-0.2, 0) is 19.6 Å². The van der Waals surface area contributed by atoms with Crippen LogP contribution in [0.3, 0.4) is 0 Å². The Balaban J connectivity index is 3.87.